The Labute approximate surface area is 176 Å². The largest absolute Gasteiger partial charge is 0.497 e. The molecule has 3 aromatic carbocycles. The van der Waals surface area contributed by atoms with Crippen molar-refractivity contribution in [2.24, 2.45) is 0 Å². The van der Waals surface area contributed by atoms with Crippen LogP contribution < -0.4 is 14.4 Å². The number of hydrogen-bond acceptors (Lipinski definition) is 4. The highest BCUT2D eigenvalue weighted by Crippen LogP contribution is 2.26. The van der Waals surface area contributed by atoms with Gasteiger partial charge in [-0.2, -0.15) is 0 Å². The number of sulfonamides is 1. The van der Waals surface area contributed by atoms with Crippen LogP contribution in [-0.2, 0) is 14.8 Å². The van der Waals surface area contributed by atoms with Crippen molar-refractivity contribution in [3.05, 3.63) is 84.2 Å². The number of methoxy groups -OCH3 is 1. The number of carbonyl (C=O) groups is 1. The molecule has 6 nitrogen and oxygen atoms in total. The van der Waals surface area contributed by atoms with Gasteiger partial charge in [0.05, 0.1) is 23.4 Å². The van der Waals surface area contributed by atoms with Gasteiger partial charge in [0.1, 0.15) is 29.7 Å². The van der Waals surface area contributed by atoms with Gasteiger partial charge in [0.2, 0.25) is 5.91 Å². The van der Waals surface area contributed by atoms with Crippen LogP contribution in [-0.4, -0.2) is 28.0 Å². The molecule has 0 aliphatic heterocycles. The molecule has 0 aliphatic carbocycles. The van der Waals surface area contributed by atoms with Gasteiger partial charge < -0.3 is 10.1 Å². The Morgan fingerprint density at radius 2 is 1.55 bits per heavy atom. The number of nitrogens with one attached hydrogen (secondary N) is 1. The monoisotopic (exact) mass is 450 g/mol. The number of hydrogen-bond donors (Lipinski definition) is 1. The van der Waals surface area contributed by atoms with E-state index in [1.807, 2.05) is 0 Å². The summed E-state index contributed by atoms with van der Waals surface area (Å²) in [5.74, 6) is -2.89. The maximum Gasteiger partial charge on any atom is 0.264 e. The molecule has 162 valence electrons. The Balaban J connectivity index is 1.94. The van der Waals surface area contributed by atoms with Crippen LogP contribution in [0.5, 0.6) is 5.75 Å². The van der Waals surface area contributed by atoms with Gasteiger partial charge in [-0.15, -0.1) is 0 Å². The molecule has 31 heavy (non-hydrogen) atoms. The molecule has 0 aromatic heterocycles. The van der Waals surface area contributed by atoms with Crippen LogP contribution >= 0.6 is 0 Å². The minimum absolute atomic E-state index is 0.0203. The minimum atomic E-state index is -4.26. The smallest absolute Gasteiger partial charge is 0.264 e. The van der Waals surface area contributed by atoms with E-state index in [2.05, 4.69) is 5.32 Å². The van der Waals surface area contributed by atoms with Gasteiger partial charge in [0, 0.05) is 6.07 Å². The van der Waals surface area contributed by atoms with Crippen LogP contribution in [0, 0.1) is 17.5 Å². The number of halogens is 3. The summed E-state index contributed by atoms with van der Waals surface area (Å²) in [6.07, 6.45) is 0. The van der Waals surface area contributed by atoms with E-state index in [9.17, 15) is 26.4 Å². The lowest BCUT2D eigenvalue weighted by molar-refractivity contribution is -0.114. The number of carbonyl (C=O) groups excluding carboxylic acids is 1. The van der Waals surface area contributed by atoms with Crippen LogP contribution in [0.25, 0.3) is 0 Å². The second-order valence-electron chi connectivity index (χ2n) is 6.34. The number of nitrogens with zero attached hydrogens (tertiary/aromatic N) is 1. The minimum Gasteiger partial charge on any atom is -0.497 e. The molecule has 0 spiro atoms. The molecular weight excluding hydrogens is 433 g/mol. The third-order valence-corrected chi connectivity index (χ3v) is 6.04. The van der Waals surface area contributed by atoms with E-state index < -0.39 is 39.9 Å². The third kappa shape index (κ3) is 5.15. The third-order valence-electron chi connectivity index (χ3n) is 4.25. The molecule has 0 fully saturated rings. The van der Waals surface area contributed by atoms with Gasteiger partial charge in [-0.25, -0.2) is 21.6 Å². The van der Waals surface area contributed by atoms with Crippen molar-refractivity contribution in [2.75, 3.05) is 23.3 Å². The fourth-order valence-electron chi connectivity index (χ4n) is 2.71. The molecule has 0 atom stereocenters. The second-order valence-corrected chi connectivity index (χ2v) is 8.20. The van der Waals surface area contributed by atoms with Crippen molar-refractivity contribution in [2.45, 2.75) is 4.90 Å². The van der Waals surface area contributed by atoms with E-state index in [0.29, 0.717) is 11.8 Å². The highest BCUT2D eigenvalue weighted by molar-refractivity contribution is 7.92. The van der Waals surface area contributed by atoms with Crippen LogP contribution in [0.4, 0.5) is 24.5 Å². The van der Waals surface area contributed by atoms with E-state index in [0.717, 1.165) is 28.6 Å². The summed E-state index contributed by atoms with van der Waals surface area (Å²) < 4.78 is 72.4. The Bertz CT molecular complexity index is 1180. The van der Waals surface area contributed by atoms with Crippen molar-refractivity contribution in [3.63, 3.8) is 0 Å². The van der Waals surface area contributed by atoms with Crippen molar-refractivity contribution in [1.82, 2.24) is 0 Å². The normalized spacial score (nSPS) is 11.1. The van der Waals surface area contributed by atoms with E-state index >= 15 is 0 Å². The number of rotatable bonds is 7. The van der Waals surface area contributed by atoms with Crippen molar-refractivity contribution in [3.8, 4) is 5.75 Å². The van der Waals surface area contributed by atoms with Crippen molar-refractivity contribution < 1.29 is 31.1 Å². The lowest BCUT2D eigenvalue weighted by Crippen LogP contribution is -2.38. The number of amides is 1. The summed E-state index contributed by atoms with van der Waals surface area (Å²) in [4.78, 5) is 12.4. The summed E-state index contributed by atoms with van der Waals surface area (Å²) in [5.41, 5.74) is -0.292. The predicted octanol–water partition coefficient (Wildman–Crippen LogP) is 3.95. The lowest BCUT2D eigenvalue weighted by Gasteiger charge is -2.24. The molecule has 3 aromatic rings. The van der Waals surface area contributed by atoms with Gasteiger partial charge in [-0.3, -0.25) is 9.10 Å². The van der Waals surface area contributed by atoms with E-state index in [1.165, 1.54) is 43.5 Å². The van der Waals surface area contributed by atoms with Gasteiger partial charge in [0.15, 0.2) is 0 Å². The summed E-state index contributed by atoms with van der Waals surface area (Å²) >= 11 is 0. The average Bonchev–Trinajstić information content (AvgIpc) is 2.75. The maximum atomic E-state index is 13.8. The zero-order valence-electron chi connectivity index (χ0n) is 16.2. The summed E-state index contributed by atoms with van der Waals surface area (Å²) in [6, 6.07) is 12.5. The maximum absolute atomic E-state index is 13.8. The Morgan fingerprint density at radius 1 is 0.935 bits per heavy atom. The molecule has 10 heteroatoms. The predicted molar refractivity (Wildman–Crippen MR) is 109 cm³/mol. The van der Waals surface area contributed by atoms with E-state index in [4.69, 9.17) is 4.74 Å². The van der Waals surface area contributed by atoms with Gasteiger partial charge in [0.25, 0.3) is 10.0 Å². The number of anilines is 2. The van der Waals surface area contributed by atoms with Crippen LogP contribution in [0.3, 0.4) is 0 Å². The molecule has 0 bridgehead atoms. The molecular formula is C21H17F3N2O4S. The average molecular weight is 450 g/mol. The standard InChI is InChI=1S/C21H17F3N2O4S/c1-30-17-7-9-18(10-8-17)31(28,29)26(16-5-2-14(22)3-6-16)13-21(27)25-20-11-4-15(23)12-19(20)24/h2-12H,13H2,1H3,(H,25,27). The highest BCUT2D eigenvalue weighted by atomic mass is 32.2. The summed E-state index contributed by atoms with van der Waals surface area (Å²) in [7, 11) is -2.83. The van der Waals surface area contributed by atoms with Crippen LogP contribution in [0.2, 0.25) is 0 Å². The molecule has 0 heterocycles. The molecule has 0 aliphatic rings. The van der Waals surface area contributed by atoms with Crippen molar-refractivity contribution >= 4 is 27.3 Å². The molecule has 0 radical (unpaired) electrons. The molecule has 3 rings (SSSR count). The first kappa shape index (κ1) is 22.2. The first-order chi connectivity index (χ1) is 14.7. The first-order valence-electron chi connectivity index (χ1n) is 8.88. The fraction of sp³-hybridized carbons (Fsp3) is 0.0952. The summed E-state index contributed by atoms with van der Waals surface area (Å²) in [6.45, 7) is -0.739. The molecule has 0 saturated carbocycles. The Hall–Kier alpha value is -3.53. The lowest BCUT2D eigenvalue weighted by atomic mass is 10.3. The molecule has 1 amide bonds. The SMILES string of the molecule is COc1ccc(S(=O)(=O)N(CC(=O)Nc2ccc(F)cc2F)c2ccc(F)cc2)cc1. The highest BCUT2D eigenvalue weighted by Gasteiger charge is 2.27. The zero-order chi connectivity index (χ0) is 22.6. The van der Waals surface area contributed by atoms with Gasteiger partial charge in [-0.1, -0.05) is 0 Å². The van der Waals surface area contributed by atoms with Gasteiger partial charge >= 0.3 is 0 Å². The Kier molecular flexibility index (Phi) is 6.50. The summed E-state index contributed by atoms with van der Waals surface area (Å²) in [5, 5.41) is 2.21. The quantitative estimate of drug-likeness (QED) is 0.592. The Morgan fingerprint density at radius 3 is 2.13 bits per heavy atom. The number of benzene rings is 3. The molecule has 1 N–H and O–H groups in total. The molecule has 0 saturated heterocycles. The topological polar surface area (TPSA) is 75.7 Å². The number of ether oxygens (including phenoxy) is 1. The van der Waals surface area contributed by atoms with Crippen molar-refractivity contribution in [1.29, 1.82) is 0 Å². The van der Waals surface area contributed by atoms with Gasteiger partial charge in [-0.05, 0) is 60.7 Å². The van der Waals surface area contributed by atoms with Crippen LogP contribution in [0.15, 0.2) is 71.6 Å². The van der Waals surface area contributed by atoms with E-state index in [1.54, 1.807) is 0 Å². The van der Waals surface area contributed by atoms with E-state index in [-0.39, 0.29) is 16.3 Å². The second kappa shape index (κ2) is 9.09. The fourth-order valence-corrected chi connectivity index (χ4v) is 4.13. The van der Waals surface area contributed by atoms with Crippen LogP contribution in [0.1, 0.15) is 0 Å². The zero-order valence-corrected chi connectivity index (χ0v) is 17.0. The molecule has 0 unspecified atom stereocenters. The first-order valence-corrected chi connectivity index (χ1v) is 10.3.